The second-order valence-corrected chi connectivity index (χ2v) is 5.79. The number of hydrogen-bond acceptors (Lipinski definition) is 3. The van der Waals surface area contributed by atoms with Gasteiger partial charge in [0.25, 0.3) is 0 Å². The van der Waals surface area contributed by atoms with E-state index in [-0.39, 0.29) is 11.2 Å². The van der Waals surface area contributed by atoms with Crippen LogP contribution < -0.4 is 5.32 Å². The summed E-state index contributed by atoms with van der Waals surface area (Å²) in [5.74, 6) is -0.222. The second kappa shape index (κ2) is 5.16. The molecular formula is C14H17FN2S. The average molecular weight is 264 g/mol. The molecule has 0 unspecified atom stereocenters. The third kappa shape index (κ3) is 2.60. The van der Waals surface area contributed by atoms with Crippen LogP contribution in [0.5, 0.6) is 0 Å². The zero-order valence-electron chi connectivity index (χ0n) is 10.8. The highest BCUT2D eigenvalue weighted by Crippen LogP contribution is 2.30. The first-order valence-electron chi connectivity index (χ1n) is 5.90. The van der Waals surface area contributed by atoms with Crippen molar-refractivity contribution in [3.05, 3.63) is 40.5 Å². The fourth-order valence-electron chi connectivity index (χ4n) is 1.89. The van der Waals surface area contributed by atoms with Gasteiger partial charge >= 0.3 is 0 Å². The summed E-state index contributed by atoms with van der Waals surface area (Å²) in [6.45, 7) is 5.11. The summed E-state index contributed by atoms with van der Waals surface area (Å²) in [4.78, 5) is 4.57. The average Bonchev–Trinajstić information content (AvgIpc) is 2.79. The van der Waals surface area contributed by atoms with Crippen molar-refractivity contribution in [1.82, 2.24) is 10.3 Å². The molecule has 96 valence electrons. The van der Waals surface area contributed by atoms with E-state index in [1.165, 1.54) is 6.07 Å². The summed E-state index contributed by atoms with van der Waals surface area (Å²) in [7, 11) is 1.92. The van der Waals surface area contributed by atoms with Gasteiger partial charge in [-0.2, -0.15) is 0 Å². The molecule has 0 aliphatic carbocycles. The molecule has 0 aliphatic heterocycles. The normalized spacial score (nSPS) is 11.8. The molecule has 2 nitrogen and oxygen atoms in total. The molecule has 0 radical (unpaired) electrons. The van der Waals surface area contributed by atoms with E-state index in [0.29, 0.717) is 5.56 Å². The molecule has 0 amide bonds. The first-order valence-corrected chi connectivity index (χ1v) is 6.78. The highest BCUT2D eigenvalue weighted by Gasteiger charge is 2.24. The summed E-state index contributed by atoms with van der Waals surface area (Å²) in [5, 5.41) is 6.10. The van der Waals surface area contributed by atoms with Crippen molar-refractivity contribution in [2.75, 3.05) is 13.6 Å². The molecule has 1 aromatic heterocycles. The fraction of sp³-hybridized carbons (Fsp3) is 0.357. The van der Waals surface area contributed by atoms with Gasteiger partial charge < -0.3 is 5.32 Å². The maximum absolute atomic E-state index is 13.7. The molecule has 0 aliphatic rings. The predicted octanol–water partition coefficient (Wildman–Crippen LogP) is 3.45. The van der Waals surface area contributed by atoms with E-state index >= 15 is 0 Å². The molecule has 0 atom stereocenters. The minimum Gasteiger partial charge on any atom is -0.319 e. The van der Waals surface area contributed by atoms with Crippen molar-refractivity contribution in [3.63, 3.8) is 0 Å². The Kier molecular flexibility index (Phi) is 3.78. The summed E-state index contributed by atoms with van der Waals surface area (Å²) in [6.07, 6.45) is 0. The van der Waals surface area contributed by atoms with Crippen LogP contribution in [0, 0.1) is 5.82 Å². The highest BCUT2D eigenvalue weighted by atomic mass is 32.1. The molecule has 18 heavy (non-hydrogen) atoms. The van der Waals surface area contributed by atoms with Crippen LogP contribution in [0.25, 0.3) is 11.3 Å². The zero-order chi connectivity index (χ0) is 13.2. The van der Waals surface area contributed by atoms with Crippen LogP contribution in [0.1, 0.15) is 18.9 Å². The molecule has 1 aromatic carbocycles. The topological polar surface area (TPSA) is 24.9 Å². The Morgan fingerprint density at radius 2 is 2.06 bits per heavy atom. The first kappa shape index (κ1) is 13.2. The Morgan fingerprint density at radius 1 is 1.33 bits per heavy atom. The number of nitrogens with zero attached hydrogens (tertiary/aromatic N) is 1. The monoisotopic (exact) mass is 264 g/mol. The van der Waals surface area contributed by atoms with Gasteiger partial charge in [0.15, 0.2) is 0 Å². The van der Waals surface area contributed by atoms with E-state index in [2.05, 4.69) is 24.1 Å². The number of hydrogen-bond donors (Lipinski definition) is 1. The van der Waals surface area contributed by atoms with Crippen LogP contribution in [0.4, 0.5) is 4.39 Å². The Balaban J connectivity index is 2.34. The van der Waals surface area contributed by atoms with E-state index in [4.69, 9.17) is 0 Å². The van der Waals surface area contributed by atoms with Crippen LogP contribution in [-0.4, -0.2) is 18.6 Å². The van der Waals surface area contributed by atoms with E-state index < -0.39 is 0 Å². The van der Waals surface area contributed by atoms with Gasteiger partial charge in [0.2, 0.25) is 0 Å². The van der Waals surface area contributed by atoms with Crippen molar-refractivity contribution in [2.45, 2.75) is 19.3 Å². The van der Waals surface area contributed by atoms with Gasteiger partial charge in [-0.25, -0.2) is 9.37 Å². The smallest absolute Gasteiger partial charge is 0.132 e. The molecule has 0 fully saturated rings. The number of benzene rings is 1. The standard InChI is InChI=1S/C14H17FN2S/c1-14(2,9-16-3)13-17-12(8-18-13)10-6-4-5-7-11(10)15/h4-8,16H,9H2,1-3H3. The minimum atomic E-state index is -0.222. The van der Waals surface area contributed by atoms with Gasteiger partial charge in [-0.15, -0.1) is 11.3 Å². The summed E-state index contributed by atoms with van der Waals surface area (Å²) in [5.41, 5.74) is 1.25. The van der Waals surface area contributed by atoms with Gasteiger partial charge in [0.1, 0.15) is 10.8 Å². The zero-order valence-corrected chi connectivity index (χ0v) is 11.6. The highest BCUT2D eigenvalue weighted by molar-refractivity contribution is 7.10. The third-order valence-corrected chi connectivity index (χ3v) is 4.06. The molecule has 0 saturated carbocycles. The molecule has 2 rings (SSSR count). The van der Waals surface area contributed by atoms with Crippen LogP contribution in [-0.2, 0) is 5.41 Å². The summed E-state index contributed by atoms with van der Waals surface area (Å²) < 4.78 is 13.7. The SMILES string of the molecule is CNCC(C)(C)c1nc(-c2ccccc2F)cs1. The maximum atomic E-state index is 13.7. The Labute approximate surface area is 111 Å². The maximum Gasteiger partial charge on any atom is 0.132 e. The van der Waals surface area contributed by atoms with Crippen molar-refractivity contribution in [1.29, 1.82) is 0 Å². The molecule has 4 heteroatoms. The lowest BCUT2D eigenvalue weighted by molar-refractivity contribution is 0.491. The first-order chi connectivity index (χ1) is 8.54. The molecule has 1 N–H and O–H groups in total. The number of thiazole rings is 1. The van der Waals surface area contributed by atoms with Crippen LogP contribution in [0.3, 0.4) is 0 Å². The number of aromatic nitrogens is 1. The van der Waals surface area contributed by atoms with Crippen LogP contribution >= 0.6 is 11.3 Å². The second-order valence-electron chi connectivity index (χ2n) is 4.93. The van der Waals surface area contributed by atoms with Gasteiger partial charge in [-0.3, -0.25) is 0 Å². The lowest BCUT2D eigenvalue weighted by Crippen LogP contribution is -2.30. The molecule has 0 spiro atoms. The summed E-state index contributed by atoms with van der Waals surface area (Å²) >= 11 is 1.58. The molecule has 1 heterocycles. The van der Waals surface area contributed by atoms with E-state index in [0.717, 1.165) is 17.2 Å². The lowest BCUT2D eigenvalue weighted by atomic mass is 9.94. The van der Waals surface area contributed by atoms with Gasteiger partial charge in [-0.05, 0) is 19.2 Å². The van der Waals surface area contributed by atoms with E-state index in [9.17, 15) is 4.39 Å². The van der Waals surface area contributed by atoms with Crippen molar-refractivity contribution < 1.29 is 4.39 Å². The van der Waals surface area contributed by atoms with Crippen molar-refractivity contribution in [2.24, 2.45) is 0 Å². The molecule has 2 aromatic rings. The summed E-state index contributed by atoms with van der Waals surface area (Å²) in [6, 6.07) is 6.75. The van der Waals surface area contributed by atoms with E-state index in [1.54, 1.807) is 23.5 Å². The number of likely N-dealkylation sites (N-methyl/N-ethyl adjacent to an activating group) is 1. The Bertz CT molecular complexity index is 534. The lowest BCUT2D eigenvalue weighted by Gasteiger charge is -2.21. The quantitative estimate of drug-likeness (QED) is 0.915. The predicted molar refractivity (Wildman–Crippen MR) is 74.5 cm³/mol. The molecule has 0 saturated heterocycles. The van der Waals surface area contributed by atoms with Gasteiger partial charge in [0, 0.05) is 22.9 Å². The number of rotatable bonds is 4. The Morgan fingerprint density at radius 3 is 2.72 bits per heavy atom. The van der Waals surface area contributed by atoms with E-state index in [1.807, 2.05) is 18.5 Å². The molecule has 0 bridgehead atoms. The largest absolute Gasteiger partial charge is 0.319 e. The fourth-order valence-corrected chi connectivity index (χ4v) is 2.84. The third-order valence-electron chi connectivity index (χ3n) is 2.85. The molecular weight excluding hydrogens is 247 g/mol. The Hall–Kier alpha value is -1.26. The van der Waals surface area contributed by atoms with Crippen LogP contribution in [0.15, 0.2) is 29.6 Å². The van der Waals surface area contributed by atoms with Crippen molar-refractivity contribution in [3.8, 4) is 11.3 Å². The number of halogens is 1. The van der Waals surface area contributed by atoms with Gasteiger partial charge in [-0.1, -0.05) is 26.0 Å². The van der Waals surface area contributed by atoms with Gasteiger partial charge in [0.05, 0.1) is 5.69 Å². The van der Waals surface area contributed by atoms with Crippen molar-refractivity contribution >= 4 is 11.3 Å². The van der Waals surface area contributed by atoms with Crippen LogP contribution in [0.2, 0.25) is 0 Å². The number of nitrogens with one attached hydrogen (secondary N) is 1. The minimum absolute atomic E-state index is 0.0388.